The summed E-state index contributed by atoms with van der Waals surface area (Å²) in [5.74, 6) is -6.25. The van der Waals surface area contributed by atoms with Crippen molar-refractivity contribution < 1.29 is 51.9 Å². The Hall–Kier alpha value is -1.19. The molecule has 160 valence electrons. The third-order valence-corrected chi connectivity index (χ3v) is 8.44. The summed E-state index contributed by atoms with van der Waals surface area (Å²) in [6.45, 7) is 0. The van der Waals surface area contributed by atoms with E-state index in [9.17, 15) is 47.7 Å². The highest BCUT2D eigenvalue weighted by atomic mass is 32.2. The zero-order valence-corrected chi connectivity index (χ0v) is 16.0. The summed E-state index contributed by atoms with van der Waals surface area (Å²) in [7, 11) is -14.3. The van der Waals surface area contributed by atoms with Gasteiger partial charge in [-0.1, -0.05) is 0 Å². The molecule has 0 unspecified atom stereocenters. The van der Waals surface area contributed by atoms with Gasteiger partial charge in [0.25, 0.3) is 0 Å². The van der Waals surface area contributed by atoms with Crippen molar-refractivity contribution in [3.63, 3.8) is 0 Å². The van der Waals surface area contributed by atoms with E-state index in [1.807, 2.05) is 0 Å². The van der Waals surface area contributed by atoms with Gasteiger partial charge < -0.3 is 8.74 Å². The number of rotatable bonds is 7. The van der Waals surface area contributed by atoms with E-state index in [1.165, 1.54) is 12.1 Å². The Bertz CT molecular complexity index is 924. The molecule has 6 nitrogen and oxygen atoms in total. The summed E-state index contributed by atoms with van der Waals surface area (Å²) in [5, 5.41) is -13.6. The van der Waals surface area contributed by atoms with Crippen LogP contribution in [0.3, 0.4) is 0 Å². The maximum absolute atomic E-state index is 13.7. The molecule has 1 saturated heterocycles. The van der Waals surface area contributed by atoms with Crippen LogP contribution in [0.2, 0.25) is 0 Å². The van der Waals surface area contributed by atoms with Crippen LogP contribution in [0.5, 0.6) is 5.75 Å². The second kappa shape index (κ2) is 7.25. The Morgan fingerprint density at radius 2 is 1.32 bits per heavy atom. The minimum absolute atomic E-state index is 0.149. The lowest BCUT2D eigenvalue weighted by Gasteiger charge is -2.32. The molecule has 1 aromatic carbocycles. The lowest BCUT2D eigenvalue weighted by atomic mass is 10.3. The standard InChI is InChI=1S/C13H12F6O6S3/c14-11(15,12(16,17)27(20,21)22)13(18,19)28(23,24)25-9-3-5-10(6-4-9)26-7-1-2-8-26/h3-6H,1-2,7-8H2. The summed E-state index contributed by atoms with van der Waals surface area (Å²) in [6.07, 6.45) is 1.93. The molecule has 2 rings (SSSR count). The highest BCUT2D eigenvalue weighted by Crippen LogP contribution is 2.50. The van der Waals surface area contributed by atoms with Crippen molar-refractivity contribution in [1.29, 1.82) is 0 Å². The van der Waals surface area contributed by atoms with Gasteiger partial charge in [0.2, 0.25) is 0 Å². The van der Waals surface area contributed by atoms with Gasteiger partial charge in [-0.3, -0.25) is 0 Å². The van der Waals surface area contributed by atoms with E-state index >= 15 is 0 Å². The van der Waals surface area contributed by atoms with Crippen molar-refractivity contribution in [3.8, 4) is 5.75 Å². The largest absolute Gasteiger partial charge is 0.743 e. The van der Waals surface area contributed by atoms with Crippen LogP contribution in [0.4, 0.5) is 26.3 Å². The van der Waals surface area contributed by atoms with E-state index in [2.05, 4.69) is 4.18 Å². The molecule has 1 aromatic rings. The third kappa shape index (κ3) is 3.80. The van der Waals surface area contributed by atoms with Gasteiger partial charge in [0, 0.05) is 10.9 Å². The second-order valence-corrected chi connectivity index (χ2v) is 11.0. The molecule has 0 saturated carbocycles. The number of alkyl halides is 6. The molecule has 0 spiro atoms. The molecule has 0 radical (unpaired) electrons. The molecule has 1 fully saturated rings. The van der Waals surface area contributed by atoms with Gasteiger partial charge in [0.1, 0.15) is 17.3 Å². The molecule has 15 heteroatoms. The minimum Gasteiger partial charge on any atom is -0.743 e. The normalized spacial score (nSPS) is 17.7. The highest BCUT2D eigenvalue weighted by molar-refractivity contribution is 7.97. The Morgan fingerprint density at radius 3 is 1.75 bits per heavy atom. The van der Waals surface area contributed by atoms with Gasteiger partial charge in [-0.15, -0.1) is 0 Å². The van der Waals surface area contributed by atoms with E-state index in [1.54, 1.807) is 0 Å². The predicted octanol–water partition coefficient (Wildman–Crippen LogP) is 2.53. The van der Waals surface area contributed by atoms with Crippen LogP contribution < -0.4 is 4.18 Å². The van der Waals surface area contributed by atoms with Crippen LogP contribution in [0.25, 0.3) is 0 Å². The summed E-state index contributed by atoms with van der Waals surface area (Å²) < 4.78 is 138. The molecular weight excluding hydrogens is 462 g/mol. The number of halogens is 6. The van der Waals surface area contributed by atoms with E-state index in [0.29, 0.717) is 0 Å². The minimum atomic E-state index is -7.32. The van der Waals surface area contributed by atoms with Crippen LogP contribution in [0, 0.1) is 0 Å². The SMILES string of the molecule is O=S(=O)([O-])C(F)(F)C(F)(F)C(F)(F)S(=O)(=O)Oc1ccc([S+]2CCCC2)cc1. The van der Waals surface area contributed by atoms with Crippen LogP contribution in [0.1, 0.15) is 12.8 Å². The van der Waals surface area contributed by atoms with E-state index < -0.39 is 42.4 Å². The maximum Gasteiger partial charge on any atom is 0.450 e. The zero-order chi connectivity index (χ0) is 21.6. The molecule has 0 N–H and O–H groups in total. The third-order valence-electron chi connectivity index (χ3n) is 3.75. The fourth-order valence-electron chi connectivity index (χ4n) is 2.24. The number of hydrogen-bond acceptors (Lipinski definition) is 6. The molecule has 1 aliphatic rings. The van der Waals surface area contributed by atoms with Gasteiger partial charge in [-0.05, 0) is 37.1 Å². The molecular formula is C13H12F6O6S3. The van der Waals surface area contributed by atoms with Crippen molar-refractivity contribution in [2.75, 3.05) is 11.5 Å². The van der Waals surface area contributed by atoms with Gasteiger partial charge in [0.15, 0.2) is 15.0 Å². The molecule has 0 aromatic heterocycles. The van der Waals surface area contributed by atoms with Crippen LogP contribution in [-0.4, -0.2) is 49.3 Å². The summed E-state index contributed by atoms with van der Waals surface area (Å²) in [4.78, 5) is 0.739. The Balaban J connectivity index is 2.32. The van der Waals surface area contributed by atoms with Crippen LogP contribution in [-0.2, 0) is 31.1 Å². The van der Waals surface area contributed by atoms with Gasteiger partial charge in [-0.2, -0.15) is 34.8 Å². The monoisotopic (exact) mass is 474 g/mol. The van der Waals surface area contributed by atoms with Crippen molar-refractivity contribution in [3.05, 3.63) is 24.3 Å². The average molecular weight is 474 g/mol. The van der Waals surface area contributed by atoms with Gasteiger partial charge in [-0.25, -0.2) is 8.42 Å². The molecule has 1 heterocycles. The smallest absolute Gasteiger partial charge is 0.450 e. The van der Waals surface area contributed by atoms with Gasteiger partial charge in [0.05, 0.1) is 0 Å². The quantitative estimate of drug-likeness (QED) is 0.261. The van der Waals surface area contributed by atoms with Crippen molar-refractivity contribution >= 4 is 31.1 Å². The highest BCUT2D eigenvalue weighted by Gasteiger charge is 2.81. The van der Waals surface area contributed by atoms with Crippen molar-refractivity contribution in [1.82, 2.24) is 0 Å². The number of benzene rings is 1. The first kappa shape index (κ1) is 23.1. The van der Waals surface area contributed by atoms with E-state index in [0.717, 1.165) is 41.4 Å². The first-order valence-electron chi connectivity index (χ1n) is 7.35. The van der Waals surface area contributed by atoms with Crippen LogP contribution in [0.15, 0.2) is 29.2 Å². The molecule has 1 aliphatic heterocycles. The molecule has 0 bridgehead atoms. The Kier molecular flexibility index (Phi) is 5.98. The first-order valence-corrected chi connectivity index (χ1v) is 11.7. The number of hydrogen-bond donors (Lipinski definition) is 0. The fourth-order valence-corrected chi connectivity index (χ4v) is 5.96. The Labute approximate surface area is 159 Å². The summed E-state index contributed by atoms with van der Waals surface area (Å²) in [5.41, 5.74) is 0. The lowest BCUT2D eigenvalue weighted by Crippen LogP contribution is -2.61. The lowest BCUT2D eigenvalue weighted by molar-refractivity contribution is -0.247. The molecule has 0 aliphatic carbocycles. The van der Waals surface area contributed by atoms with E-state index in [4.69, 9.17) is 0 Å². The first-order chi connectivity index (χ1) is 12.5. The second-order valence-electron chi connectivity index (χ2n) is 5.68. The molecule has 0 atom stereocenters. The predicted molar refractivity (Wildman–Crippen MR) is 85.1 cm³/mol. The maximum atomic E-state index is 13.7. The molecule has 28 heavy (non-hydrogen) atoms. The van der Waals surface area contributed by atoms with Crippen LogP contribution >= 0.6 is 0 Å². The van der Waals surface area contributed by atoms with Gasteiger partial charge >= 0.3 is 26.5 Å². The fraction of sp³-hybridized carbons (Fsp3) is 0.538. The molecule has 0 amide bonds. The zero-order valence-electron chi connectivity index (χ0n) is 13.6. The summed E-state index contributed by atoms with van der Waals surface area (Å²) >= 11 is 0. The average Bonchev–Trinajstić information content (AvgIpc) is 3.08. The Morgan fingerprint density at radius 1 is 0.857 bits per heavy atom. The van der Waals surface area contributed by atoms with E-state index in [-0.39, 0.29) is 10.9 Å². The van der Waals surface area contributed by atoms with Crippen molar-refractivity contribution in [2.24, 2.45) is 0 Å². The summed E-state index contributed by atoms with van der Waals surface area (Å²) in [6, 6.07) is 4.36. The van der Waals surface area contributed by atoms with Crippen molar-refractivity contribution in [2.45, 2.75) is 34.2 Å². The topological polar surface area (TPSA) is 101 Å².